The quantitative estimate of drug-likeness (QED) is 0.525. The second-order valence-corrected chi connectivity index (χ2v) is 5.74. The van der Waals surface area contributed by atoms with Gasteiger partial charge in [-0.05, 0) is 23.8 Å². The SMILES string of the molecule is CN(Cc1ccc(OC(F)F)cc1)C(=O)c1n[nH]c2ccc([N+](=O)[O-])cc12. The Morgan fingerprint density at radius 3 is 2.63 bits per heavy atom. The molecule has 0 atom stereocenters. The summed E-state index contributed by atoms with van der Waals surface area (Å²) in [6.07, 6.45) is 0. The number of amides is 1. The van der Waals surface area contributed by atoms with Crippen molar-refractivity contribution in [3.8, 4) is 5.75 Å². The summed E-state index contributed by atoms with van der Waals surface area (Å²) in [5, 5.41) is 17.9. The third-order valence-electron chi connectivity index (χ3n) is 3.87. The fourth-order valence-electron chi connectivity index (χ4n) is 2.58. The maximum absolute atomic E-state index is 12.7. The van der Waals surface area contributed by atoms with Crippen LogP contribution in [0.25, 0.3) is 10.9 Å². The Hall–Kier alpha value is -3.56. The number of aromatic amines is 1. The number of alkyl halides is 2. The molecule has 1 N–H and O–H groups in total. The van der Waals surface area contributed by atoms with Crippen molar-refractivity contribution in [2.45, 2.75) is 13.2 Å². The molecule has 2 aromatic carbocycles. The van der Waals surface area contributed by atoms with Crippen molar-refractivity contribution >= 4 is 22.5 Å². The fourth-order valence-corrected chi connectivity index (χ4v) is 2.58. The molecule has 0 saturated carbocycles. The van der Waals surface area contributed by atoms with Crippen LogP contribution >= 0.6 is 0 Å². The summed E-state index contributed by atoms with van der Waals surface area (Å²) in [4.78, 5) is 24.4. The van der Waals surface area contributed by atoms with Gasteiger partial charge in [0.15, 0.2) is 5.69 Å². The molecule has 0 radical (unpaired) electrons. The van der Waals surface area contributed by atoms with Crippen molar-refractivity contribution in [2.75, 3.05) is 7.05 Å². The lowest BCUT2D eigenvalue weighted by Gasteiger charge is -2.16. The molecule has 0 aliphatic rings. The normalized spacial score (nSPS) is 11.0. The number of rotatable bonds is 6. The highest BCUT2D eigenvalue weighted by molar-refractivity contribution is 6.05. The van der Waals surface area contributed by atoms with Gasteiger partial charge < -0.3 is 9.64 Å². The summed E-state index contributed by atoms with van der Waals surface area (Å²) in [5.41, 5.74) is 1.12. The number of fused-ring (bicyclic) bond motifs is 1. The number of carbonyl (C=O) groups is 1. The summed E-state index contributed by atoms with van der Waals surface area (Å²) >= 11 is 0. The standard InChI is InChI=1S/C17H14F2N4O4/c1-22(9-10-2-5-12(6-3-10)27-17(18)19)16(24)15-13-8-11(23(25)26)4-7-14(13)20-21-15/h2-8,17H,9H2,1H3,(H,20,21). The minimum absolute atomic E-state index is 0.0216. The van der Waals surface area contributed by atoms with Gasteiger partial charge in [0.25, 0.3) is 11.6 Å². The minimum Gasteiger partial charge on any atom is -0.435 e. The highest BCUT2D eigenvalue weighted by Crippen LogP contribution is 2.23. The van der Waals surface area contributed by atoms with Crippen LogP contribution in [0.1, 0.15) is 16.1 Å². The molecular weight excluding hydrogens is 362 g/mol. The predicted molar refractivity (Wildman–Crippen MR) is 91.6 cm³/mol. The second-order valence-electron chi connectivity index (χ2n) is 5.74. The van der Waals surface area contributed by atoms with Crippen LogP contribution in [0, 0.1) is 10.1 Å². The van der Waals surface area contributed by atoms with Gasteiger partial charge >= 0.3 is 6.61 Å². The molecule has 1 aromatic heterocycles. The van der Waals surface area contributed by atoms with E-state index in [1.54, 1.807) is 19.2 Å². The third-order valence-corrected chi connectivity index (χ3v) is 3.87. The van der Waals surface area contributed by atoms with E-state index >= 15 is 0 Å². The van der Waals surface area contributed by atoms with E-state index in [4.69, 9.17) is 0 Å². The van der Waals surface area contributed by atoms with E-state index in [0.29, 0.717) is 16.5 Å². The Kier molecular flexibility index (Phi) is 4.97. The number of benzene rings is 2. The molecule has 140 valence electrons. The van der Waals surface area contributed by atoms with Gasteiger partial charge in [0.05, 0.1) is 10.4 Å². The van der Waals surface area contributed by atoms with E-state index in [0.717, 1.165) is 0 Å². The summed E-state index contributed by atoms with van der Waals surface area (Å²) in [6, 6.07) is 9.99. The number of aromatic nitrogens is 2. The zero-order valence-electron chi connectivity index (χ0n) is 14.1. The summed E-state index contributed by atoms with van der Waals surface area (Å²) in [6.45, 7) is -2.71. The van der Waals surface area contributed by atoms with Gasteiger partial charge in [-0.2, -0.15) is 13.9 Å². The lowest BCUT2D eigenvalue weighted by Crippen LogP contribution is -2.26. The Bertz CT molecular complexity index is 988. The van der Waals surface area contributed by atoms with Gasteiger partial charge in [-0.15, -0.1) is 0 Å². The van der Waals surface area contributed by atoms with Crippen molar-refractivity contribution in [1.29, 1.82) is 0 Å². The monoisotopic (exact) mass is 376 g/mol. The second kappa shape index (κ2) is 7.36. The van der Waals surface area contributed by atoms with E-state index in [-0.39, 0.29) is 23.7 Å². The average Bonchev–Trinajstić information content (AvgIpc) is 3.05. The van der Waals surface area contributed by atoms with Gasteiger partial charge in [-0.3, -0.25) is 20.0 Å². The molecule has 0 aliphatic carbocycles. The predicted octanol–water partition coefficient (Wildman–Crippen LogP) is 3.34. The zero-order valence-corrected chi connectivity index (χ0v) is 14.1. The van der Waals surface area contributed by atoms with Crippen LogP contribution in [0.4, 0.5) is 14.5 Å². The molecule has 3 rings (SSSR count). The maximum Gasteiger partial charge on any atom is 0.387 e. The molecule has 0 saturated heterocycles. The molecular formula is C17H14F2N4O4. The van der Waals surface area contributed by atoms with Crippen LogP contribution in [0.3, 0.4) is 0 Å². The van der Waals surface area contributed by atoms with Crippen LogP contribution in [0.15, 0.2) is 42.5 Å². The molecule has 0 bridgehead atoms. The number of carbonyl (C=O) groups excluding carboxylic acids is 1. The number of hydrogen-bond donors (Lipinski definition) is 1. The van der Waals surface area contributed by atoms with Crippen molar-refractivity contribution in [1.82, 2.24) is 15.1 Å². The molecule has 1 heterocycles. The van der Waals surface area contributed by atoms with Crippen molar-refractivity contribution in [3.05, 3.63) is 63.8 Å². The number of hydrogen-bond acceptors (Lipinski definition) is 5. The van der Waals surface area contributed by atoms with Crippen molar-refractivity contribution < 1.29 is 23.2 Å². The third kappa shape index (κ3) is 4.00. The molecule has 0 aliphatic heterocycles. The molecule has 1 amide bonds. The van der Waals surface area contributed by atoms with E-state index in [9.17, 15) is 23.7 Å². The van der Waals surface area contributed by atoms with E-state index < -0.39 is 17.4 Å². The number of nitro groups is 1. The van der Waals surface area contributed by atoms with Crippen LogP contribution in [-0.4, -0.2) is 39.6 Å². The summed E-state index contributed by atoms with van der Waals surface area (Å²) < 4.78 is 28.6. The smallest absolute Gasteiger partial charge is 0.387 e. The van der Waals surface area contributed by atoms with Crippen LogP contribution < -0.4 is 4.74 Å². The van der Waals surface area contributed by atoms with E-state index in [1.807, 2.05) is 0 Å². The lowest BCUT2D eigenvalue weighted by molar-refractivity contribution is -0.384. The molecule has 8 nitrogen and oxygen atoms in total. The summed E-state index contributed by atoms with van der Waals surface area (Å²) in [7, 11) is 1.55. The number of halogens is 2. The molecule has 27 heavy (non-hydrogen) atoms. The molecule has 0 unspecified atom stereocenters. The first-order valence-corrected chi connectivity index (χ1v) is 7.77. The molecule has 0 fully saturated rings. The average molecular weight is 376 g/mol. The van der Waals surface area contributed by atoms with E-state index in [1.165, 1.54) is 35.2 Å². The Balaban J connectivity index is 1.78. The Morgan fingerprint density at radius 1 is 1.30 bits per heavy atom. The highest BCUT2D eigenvalue weighted by Gasteiger charge is 2.20. The van der Waals surface area contributed by atoms with Gasteiger partial charge in [0.1, 0.15) is 5.75 Å². The summed E-state index contributed by atoms with van der Waals surface area (Å²) in [5.74, 6) is -0.414. The van der Waals surface area contributed by atoms with Gasteiger partial charge in [-0.1, -0.05) is 12.1 Å². The Morgan fingerprint density at radius 2 is 2.00 bits per heavy atom. The first-order valence-electron chi connectivity index (χ1n) is 7.77. The number of H-pyrrole nitrogens is 1. The number of non-ortho nitro benzene ring substituents is 1. The lowest BCUT2D eigenvalue weighted by atomic mass is 10.1. The molecule has 3 aromatic rings. The Labute approximate surface area is 151 Å². The fraction of sp³-hybridized carbons (Fsp3) is 0.176. The highest BCUT2D eigenvalue weighted by atomic mass is 19.3. The van der Waals surface area contributed by atoms with Gasteiger partial charge in [0, 0.05) is 31.1 Å². The van der Waals surface area contributed by atoms with Crippen molar-refractivity contribution in [3.63, 3.8) is 0 Å². The number of ether oxygens (including phenoxy) is 1. The molecule has 10 heteroatoms. The topological polar surface area (TPSA) is 101 Å². The van der Waals surface area contributed by atoms with Crippen LogP contribution in [0.5, 0.6) is 5.75 Å². The largest absolute Gasteiger partial charge is 0.435 e. The van der Waals surface area contributed by atoms with Crippen LogP contribution in [0.2, 0.25) is 0 Å². The van der Waals surface area contributed by atoms with Gasteiger partial charge in [0.2, 0.25) is 0 Å². The maximum atomic E-state index is 12.7. The van der Waals surface area contributed by atoms with E-state index in [2.05, 4.69) is 14.9 Å². The van der Waals surface area contributed by atoms with Crippen molar-refractivity contribution in [2.24, 2.45) is 0 Å². The first kappa shape index (κ1) is 18.2. The number of nitro benzene ring substituents is 1. The zero-order chi connectivity index (χ0) is 19.6. The molecule has 0 spiro atoms. The number of nitrogens with one attached hydrogen (secondary N) is 1. The van der Waals surface area contributed by atoms with Crippen LogP contribution in [-0.2, 0) is 6.54 Å². The number of nitrogens with zero attached hydrogens (tertiary/aromatic N) is 3. The van der Waals surface area contributed by atoms with Gasteiger partial charge in [-0.25, -0.2) is 0 Å². The first-order chi connectivity index (χ1) is 12.8. The minimum atomic E-state index is -2.91.